The topological polar surface area (TPSA) is 173 Å². The molecule has 0 spiro atoms. The standard InChI is InChI=1S/C10H16N2O8.C4H5NS.2Na/c13-7(14)3-11(4-8(15)16)1-2-12(5-9(17)18)6-10(19)20;1-2-4-6-5-3-1;;/h1-6H2,(H,13,14)(H,15,16)(H,17,18)(H,19,20);1-5H;;/q;;2*+1/p-2. The van der Waals surface area contributed by atoms with Crippen LogP contribution in [0.1, 0.15) is 0 Å². The molecule has 1 aliphatic heterocycles. The van der Waals surface area contributed by atoms with Crippen molar-refractivity contribution in [3.8, 4) is 0 Å². The molecule has 0 saturated heterocycles. The number of hydrogen-bond donors (Lipinski definition) is 3. The molecule has 3 N–H and O–H groups in total. The summed E-state index contributed by atoms with van der Waals surface area (Å²) in [6, 6.07) is 0. The third-order valence-corrected chi connectivity index (χ3v) is 3.21. The Hall–Kier alpha value is -0.570. The molecule has 28 heavy (non-hydrogen) atoms. The smallest absolute Gasteiger partial charge is 0.549 e. The summed E-state index contributed by atoms with van der Waals surface area (Å²) < 4.78 is 2.93. The fourth-order valence-corrected chi connectivity index (χ4v) is 2.12. The maximum Gasteiger partial charge on any atom is 1.00 e. The van der Waals surface area contributed by atoms with Crippen LogP contribution in [0, 0.1) is 0 Å². The largest absolute Gasteiger partial charge is 1.00 e. The molecule has 0 aromatic carbocycles. The number of carbonyl (C=O) groups is 4. The van der Waals surface area contributed by atoms with E-state index in [1.807, 2.05) is 23.8 Å². The summed E-state index contributed by atoms with van der Waals surface area (Å²) in [5, 5.41) is 40.0. The van der Waals surface area contributed by atoms with Gasteiger partial charge in [-0.15, -0.1) is 0 Å². The summed E-state index contributed by atoms with van der Waals surface area (Å²) >= 11 is 1.58. The first-order chi connectivity index (χ1) is 12.2. The molecule has 0 saturated carbocycles. The number of nitrogens with zero attached hydrogens (tertiary/aromatic N) is 2. The molecule has 1 aliphatic rings. The molecule has 0 radical (unpaired) electrons. The van der Waals surface area contributed by atoms with Gasteiger partial charge >= 0.3 is 71.1 Å². The average Bonchev–Trinajstić information content (AvgIpc) is 2.52. The monoisotopic (exact) mass is 435 g/mol. The molecule has 11 nitrogen and oxygen atoms in total. The van der Waals surface area contributed by atoms with Crippen LogP contribution in [0.25, 0.3) is 0 Å². The second-order valence-corrected chi connectivity index (χ2v) is 5.62. The predicted octanol–water partition coefficient (Wildman–Crippen LogP) is -9.47. The van der Waals surface area contributed by atoms with Crippen molar-refractivity contribution in [3.63, 3.8) is 0 Å². The van der Waals surface area contributed by atoms with Gasteiger partial charge in [0, 0.05) is 32.4 Å². The molecular weight excluding hydrogens is 416 g/mol. The maximum atomic E-state index is 10.5. The van der Waals surface area contributed by atoms with Gasteiger partial charge in [-0.2, -0.15) is 0 Å². The molecule has 0 unspecified atom stereocenters. The molecule has 0 bridgehead atoms. The number of hydrogen-bond acceptors (Lipinski definition) is 10. The van der Waals surface area contributed by atoms with E-state index in [9.17, 15) is 29.4 Å². The van der Waals surface area contributed by atoms with Crippen LogP contribution >= 0.6 is 11.9 Å². The number of carbonyl (C=O) groups excluding carboxylic acids is 2. The van der Waals surface area contributed by atoms with Gasteiger partial charge in [-0.05, 0) is 23.4 Å². The van der Waals surface area contributed by atoms with Gasteiger partial charge in [-0.1, -0.05) is 6.08 Å². The number of aliphatic carboxylic acids is 4. The van der Waals surface area contributed by atoms with Gasteiger partial charge < -0.3 is 34.7 Å². The molecule has 14 heteroatoms. The van der Waals surface area contributed by atoms with E-state index >= 15 is 0 Å². The molecule has 0 atom stereocenters. The van der Waals surface area contributed by atoms with Crippen molar-refractivity contribution in [3.05, 3.63) is 23.8 Å². The van der Waals surface area contributed by atoms with Crippen molar-refractivity contribution in [2.75, 3.05) is 39.3 Å². The van der Waals surface area contributed by atoms with Crippen molar-refractivity contribution < 1.29 is 98.7 Å². The molecular formula is C14H19N3Na2O8S. The normalized spacial score (nSPS) is 11.4. The Morgan fingerprint density at radius 3 is 1.46 bits per heavy atom. The van der Waals surface area contributed by atoms with E-state index in [0.717, 1.165) is 9.80 Å². The van der Waals surface area contributed by atoms with Gasteiger partial charge in [0.1, 0.15) is 0 Å². The molecule has 1 heterocycles. The molecule has 0 aromatic heterocycles. The van der Waals surface area contributed by atoms with Crippen LogP contribution in [-0.2, 0) is 19.2 Å². The third-order valence-electron chi connectivity index (χ3n) is 2.65. The summed E-state index contributed by atoms with van der Waals surface area (Å²) in [5.74, 6) is -5.52. The van der Waals surface area contributed by atoms with Crippen molar-refractivity contribution in [1.82, 2.24) is 14.5 Å². The number of carboxylic acids is 4. The van der Waals surface area contributed by atoms with E-state index < -0.39 is 50.1 Å². The number of carboxylic acid groups (broad SMARTS) is 4. The Labute approximate surface area is 210 Å². The Morgan fingerprint density at radius 1 is 0.821 bits per heavy atom. The fraction of sp³-hybridized carbons (Fsp3) is 0.429. The van der Waals surface area contributed by atoms with Crippen LogP contribution in [0.2, 0.25) is 0 Å². The molecule has 0 aromatic rings. The van der Waals surface area contributed by atoms with Crippen LogP contribution in [0.3, 0.4) is 0 Å². The Balaban J connectivity index is -0.000000662. The zero-order chi connectivity index (χ0) is 19.9. The number of rotatable bonds is 11. The molecule has 146 valence electrons. The van der Waals surface area contributed by atoms with Crippen molar-refractivity contribution >= 4 is 35.8 Å². The van der Waals surface area contributed by atoms with Crippen LogP contribution in [-0.4, -0.2) is 83.2 Å². The summed E-state index contributed by atoms with van der Waals surface area (Å²) in [5.41, 5.74) is 0. The van der Waals surface area contributed by atoms with Gasteiger partial charge in [-0.3, -0.25) is 19.4 Å². The molecule has 0 aliphatic carbocycles. The van der Waals surface area contributed by atoms with Crippen molar-refractivity contribution in [2.45, 2.75) is 0 Å². The zero-order valence-electron chi connectivity index (χ0n) is 15.7. The summed E-state index contributed by atoms with van der Waals surface area (Å²) in [6.45, 7) is -2.75. The molecule has 0 fully saturated rings. The first-order valence-electron chi connectivity index (χ1n) is 7.21. The second-order valence-electron chi connectivity index (χ2n) is 4.88. The van der Waals surface area contributed by atoms with E-state index in [4.69, 9.17) is 10.2 Å². The minimum Gasteiger partial charge on any atom is -0.549 e. The van der Waals surface area contributed by atoms with E-state index in [1.165, 1.54) is 0 Å². The van der Waals surface area contributed by atoms with Gasteiger partial charge in [0.05, 0.1) is 25.0 Å². The van der Waals surface area contributed by atoms with Crippen molar-refractivity contribution in [2.24, 2.45) is 0 Å². The van der Waals surface area contributed by atoms with Crippen LogP contribution in [0.4, 0.5) is 0 Å². The van der Waals surface area contributed by atoms with Gasteiger partial charge in [-0.25, -0.2) is 0 Å². The summed E-state index contributed by atoms with van der Waals surface area (Å²) in [6.07, 6.45) is 5.84. The minimum atomic E-state index is -1.51. The first-order valence-corrected chi connectivity index (χ1v) is 8.09. The van der Waals surface area contributed by atoms with Gasteiger partial charge in [0.2, 0.25) is 0 Å². The third kappa shape index (κ3) is 21.7. The average molecular weight is 435 g/mol. The summed E-state index contributed by atoms with van der Waals surface area (Å²) in [4.78, 5) is 43.9. The number of allylic oxidation sites excluding steroid dienone is 2. The maximum absolute atomic E-state index is 10.5. The summed E-state index contributed by atoms with van der Waals surface area (Å²) in [7, 11) is 0. The Morgan fingerprint density at radius 2 is 1.25 bits per heavy atom. The van der Waals surface area contributed by atoms with Crippen LogP contribution in [0.15, 0.2) is 23.8 Å². The van der Waals surface area contributed by atoms with Gasteiger partial charge in [0.25, 0.3) is 0 Å². The van der Waals surface area contributed by atoms with E-state index in [0.29, 0.717) is 0 Å². The van der Waals surface area contributed by atoms with E-state index in [-0.39, 0.29) is 72.2 Å². The quantitative estimate of drug-likeness (QED) is 0.207. The minimum absolute atomic E-state index is 0. The fourth-order valence-electron chi connectivity index (χ4n) is 1.72. The predicted molar refractivity (Wildman–Crippen MR) is 87.2 cm³/mol. The van der Waals surface area contributed by atoms with E-state index in [2.05, 4.69) is 4.72 Å². The molecule has 0 amide bonds. The van der Waals surface area contributed by atoms with Crippen LogP contribution < -0.4 is 74.0 Å². The zero-order valence-corrected chi connectivity index (χ0v) is 20.5. The van der Waals surface area contributed by atoms with Gasteiger partial charge in [0.15, 0.2) is 0 Å². The number of nitrogens with one attached hydrogen (secondary N) is 1. The van der Waals surface area contributed by atoms with Crippen molar-refractivity contribution in [1.29, 1.82) is 0 Å². The van der Waals surface area contributed by atoms with Crippen LogP contribution in [0.5, 0.6) is 0 Å². The SMILES string of the molecule is C1=CNSC=C1.O=C([O-])CN(CCN(CC(=O)O)CC(=O)O)CC(=O)[O-].[Na+].[Na+]. The second kappa shape index (κ2) is 19.7. The Kier molecular flexibility index (Phi) is 22.6. The Bertz CT molecular complexity index is 483. The molecule has 1 rings (SSSR count). The van der Waals surface area contributed by atoms with E-state index in [1.54, 1.807) is 11.9 Å². The first kappa shape index (κ1) is 32.1.